The van der Waals surface area contributed by atoms with Gasteiger partial charge in [-0.1, -0.05) is 0 Å². The van der Waals surface area contributed by atoms with Crippen LogP contribution in [0.25, 0.3) is 0 Å². The van der Waals surface area contributed by atoms with Gasteiger partial charge in [0.15, 0.2) is 0 Å². The Balaban J connectivity index is 2.27. The Hall–Kier alpha value is -1.51. The Morgan fingerprint density at radius 2 is 2.00 bits per heavy atom. The summed E-state index contributed by atoms with van der Waals surface area (Å²) in [6.07, 6.45) is 0. The van der Waals surface area contributed by atoms with Crippen LogP contribution >= 0.6 is 0 Å². The topological polar surface area (TPSA) is 78.5 Å². The molecule has 1 aliphatic rings. The lowest BCUT2D eigenvalue weighted by molar-refractivity contribution is 0.0963. The fourth-order valence-corrected chi connectivity index (χ4v) is 3.88. The number of sulfonamides is 1. The van der Waals surface area contributed by atoms with E-state index in [2.05, 4.69) is 10.6 Å². The zero-order valence-electron chi connectivity index (χ0n) is 12.6. The Morgan fingerprint density at radius 1 is 1.36 bits per heavy atom. The van der Waals surface area contributed by atoms with Crippen molar-refractivity contribution in [2.75, 3.05) is 33.2 Å². The fourth-order valence-electron chi connectivity index (χ4n) is 2.33. The van der Waals surface area contributed by atoms with Gasteiger partial charge < -0.3 is 10.6 Å². The summed E-state index contributed by atoms with van der Waals surface area (Å²) < 4.78 is 40.6. The molecule has 1 aliphatic heterocycles. The number of nitrogens with zero attached hydrogens (tertiary/aromatic N) is 1. The number of benzene rings is 1. The van der Waals surface area contributed by atoms with E-state index in [1.54, 1.807) is 0 Å². The number of hydrogen-bond donors (Lipinski definition) is 2. The second kappa shape index (κ2) is 6.31. The van der Waals surface area contributed by atoms with Gasteiger partial charge in [-0.05, 0) is 31.2 Å². The first-order chi connectivity index (χ1) is 10.3. The van der Waals surface area contributed by atoms with Crippen molar-refractivity contribution >= 4 is 15.9 Å². The molecule has 0 aromatic heterocycles. The molecule has 6 nitrogen and oxygen atoms in total. The lowest BCUT2D eigenvalue weighted by Crippen LogP contribution is -2.42. The summed E-state index contributed by atoms with van der Waals surface area (Å²) >= 11 is 0. The van der Waals surface area contributed by atoms with Crippen LogP contribution in [0.2, 0.25) is 0 Å². The van der Waals surface area contributed by atoms with Crippen molar-refractivity contribution in [1.29, 1.82) is 0 Å². The minimum absolute atomic E-state index is 0.0536. The van der Waals surface area contributed by atoms with Gasteiger partial charge in [-0.2, -0.15) is 4.31 Å². The van der Waals surface area contributed by atoms with Gasteiger partial charge in [-0.25, -0.2) is 12.8 Å². The molecular formula is C14H20FN3O3S. The lowest BCUT2D eigenvalue weighted by atomic mass is 10.1. The molecule has 122 valence electrons. The number of nitrogens with one attached hydrogen (secondary N) is 2. The second-order valence-corrected chi connectivity index (χ2v) is 7.47. The van der Waals surface area contributed by atoms with Gasteiger partial charge in [0.2, 0.25) is 10.0 Å². The van der Waals surface area contributed by atoms with Crippen LogP contribution in [0.1, 0.15) is 17.3 Å². The van der Waals surface area contributed by atoms with Gasteiger partial charge in [0.25, 0.3) is 5.91 Å². The van der Waals surface area contributed by atoms with Crippen LogP contribution in [0.5, 0.6) is 0 Å². The van der Waals surface area contributed by atoms with E-state index in [0.717, 1.165) is 4.31 Å². The molecule has 1 unspecified atom stereocenters. The number of amides is 1. The fraction of sp³-hybridized carbons (Fsp3) is 0.500. The van der Waals surface area contributed by atoms with Crippen LogP contribution in [-0.2, 0) is 10.0 Å². The molecule has 1 amide bonds. The third-order valence-corrected chi connectivity index (χ3v) is 5.38. The Morgan fingerprint density at radius 3 is 2.59 bits per heavy atom. The standard InChI is InChI=1S/C14H20FN3O3S/c1-14(15)9-17-7-8-18(10-14)22(20,21)12-5-3-11(4-6-12)13(19)16-2/h3-6,17H,7-10H2,1-2H3,(H,16,19). The predicted octanol–water partition coefficient (Wildman–Crippen LogP) is 0.368. The molecule has 1 fully saturated rings. The smallest absolute Gasteiger partial charge is 0.251 e. The minimum Gasteiger partial charge on any atom is -0.355 e. The first-order valence-corrected chi connectivity index (χ1v) is 8.42. The molecule has 0 saturated carbocycles. The highest BCUT2D eigenvalue weighted by molar-refractivity contribution is 7.89. The predicted molar refractivity (Wildman–Crippen MR) is 81.0 cm³/mol. The van der Waals surface area contributed by atoms with Gasteiger partial charge in [0.05, 0.1) is 4.90 Å². The number of halogens is 1. The summed E-state index contributed by atoms with van der Waals surface area (Å²) in [7, 11) is -2.28. The van der Waals surface area contributed by atoms with E-state index in [9.17, 15) is 17.6 Å². The van der Waals surface area contributed by atoms with Gasteiger partial charge in [-0.15, -0.1) is 0 Å². The quantitative estimate of drug-likeness (QED) is 0.840. The molecule has 0 bridgehead atoms. The number of alkyl halides is 1. The largest absolute Gasteiger partial charge is 0.355 e. The number of carbonyl (C=O) groups excluding carboxylic acids is 1. The zero-order valence-corrected chi connectivity index (χ0v) is 13.4. The Kier molecular flexibility index (Phi) is 4.84. The Labute approximate surface area is 129 Å². The molecular weight excluding hydrogens is 309 g/mol. The van der Waals surface area contributed by atoms with Crippen molar-refractivity contribution in [3.05, 3.63) is 29.8 Å². The van der Waals surface area contributed by atoms with Crippen LogP contribution in [0, 0.1) is 0 Å². The van der Waals surface area contributed by atoms with Gasteiger partial charge in [0, 0.05) is 38.8 Å². The van der Waals surface area contributed by atoms with E-state index in [1.807, 2.05) is 0 Å². The lowest BCUT2D eigenvalue weighted by Gasteiger charge is -2.25. The van der Waals surface area contributed by atoms with E-state index in [0.29, 0.717) is 12.1 Å². The molecule has 0 spiro atoms. The molecule has 2 rings (SSSR count). The first-order valence-electron chi connectivity index (χ1n) is 6.98. The van der Waals surface area contributed by atoms with Crippen molar-refractivity contribution < 1.29 is 17.6 Å². The molecule has 2 N–H and O–H groups in total. The molecule has 0 radical (unpaired) electrons. The molecule has 1 saturated heterocycles. The highest BCUT2D eigenvalue weighted by Gasteiger charge is 2.35. The molecule has 1 aromatic rings. The van der Waals surface area contributed by atoms with Crippen molar-refractivity contribution in [3.63, 3.8) is 0 Å². The minimum atomic E-state index is -3.78. The molecule has 1 aromatic carbocycles. The molecule has 1 atom stereocenters. The zero-order chi connectivity index (χ0) is 16.4. The van der Waals surface area contributed by atoms with Crippen molar-refractivity contribution in [1.82, 2.24) is 14.9 Å². The number of rotatable bonds is 3. The average molecular weight is 329 g/mol. The summed E-state index contributed by atoms with van der Waals surface area (Å²) in [5, 5.41) is 5.35. The van der Waals surface area contributed by atoms with Crippen molar-refractivity contribution in [3.8, 4) is 0 Å². The summed E-state index contributed by atoms with van der Waals surface area (Å²) in [5.74, 6) is -0.292. The van der Waals surface area contributed by atoms with E-state index in [-0.39, 0.29) is 30.4 Å². The van der Waals surface area contributed by atoms with E-state index >= 15 is 0 Å². The van der Waals surface area contributed by atoms with Crippen LogP contribution in [-0.4, -0.2) is 57.5 Å². The molecule has 22 heavy (non-hydrogen) atoms. The van der Waals surface area contributed by atoms with Gasteiger partial charge in [-0.3, -0.25) is 4.79 Å². The SMILES string of the molecule is CNC(=O)c1ccc(S(=O)(=O)N2CCNCC(C)(F)C2)cc1. The van der Waals surface area contributed by atoms with E-state index < -0.39 is 15.7 Å². The molecule has 0 aliphatic carbocycles. The van der Waals surface area contributed by atoms with Crippen LogP contribution in [0.15, 0.2) is 29.2 Å². The maximum Gasteiger partial charge on any atom is 0.251 e. The normalized spacial score (nSPS) is 23.8. The number of hydrogen-bond acceptors (Lipinski definition) is 4. The third-order valence-electron chi connectivity index (χ3n) is 3.52. The third kappa shape index (κ3) is 3.63. The highest BCUT2D eigenvalue weighted by Crippen LogP contribution is 2.21. The Bertz CT molecular complexity index is 644. The summed E-state index contributed by atoms with van der Waals surface area (Å²) in [6, 6.07) is 5.62. The maximum absolute atomic E-state index is 14.2. The molecule has 8 heteroatoms. The van der Waals surface area contributed by atoms with Gasteiger partial charge in [0.1, 0.15) is 5.67 Å². The average Bonchev–Trinajstić information content (AvgIpc) is 2.67. The second-order valence-electron chi connectivity index (χ2n) is 5.53. The van der Waals surface area contributed by atoms with Crippen molar-refractivity contribution in [2.45, 2.75) is 17.5 Å². The van der Waals surface area contributed by atoms with Crippen LogP contribution in [0.4, 0.5) is 4.39 Å². The maximum atomic E-state index is 14.2. The van der Waals surface area contributed by atoms with E-state index in [4.69, 9.17) is 0 Å². The monoisotopic (exact) mass is 329 g/mol. The van der Waals surface area contributed by atoms with Crippen molar-refractivity contribution in [2.24, 2.45) is 0 Å². The molecule has 1 heterocycles. The van der Waals surface area contributed by atoms with E-state index in [1.165, 1.54) is 38.2 Å². The summed E-state index contributed by atoms with van der Waals surface area (Å²) in [5.41, 5.74) is -1.25. The summed E-state index contributed by atoms with van der Waals surface area (Å²) in [4.78, 5) is 11.5. The van der Waals surface area contributed by atoms with Crippen LogP contribution in [0.3, 0.4) is 0 Å². The van der Waals surface area contributed by atoms with Crippen LogP contribution < -0.4 is 10.6 Å². The first kappa shape index (κ1) is 16.9. The number of carbonyl (C=O) groups is 1. The summed E-state index contributed by atoms with van der Waals surface area (Å²) in [6.45, 7) is 1.91. The van der Waals surface area contributed by atoms with Gasteiger partial charge >= 0.3 is 0 Å². The highest BCUT2D eigenvalue weighted by atomic mass is 32.2.